The van der Waals surface area contributed by atoms with Gasteiger partial charge in [-0.25, -0.2) is 0 Å². The van der Waals surface area contributed by atoms with Crippen molar-refractivity contribution in [1.82, 2.24) is 0 Å². The van der Waals surface area contributed by atoms with E-state index < -0.39 is 0 Å². The minimum atomic E-state index is -0.234. The van der Waals surface area contributed by atoms with E-state index in [1.807, 2.05) is 20.8 Å². The van der Waals surface area contributed by atoms with Crippen LogP contribution in [-0.4, -0.2) is 24.6 Å². The van der Waals surface area contributed by atoms with Crippen LogP contribution < -0.4 is 0 Å². The van der Waals surface area contributed by atoms with Gasteiger partial charge in [-0.15, -0.1) is 0 Å². The molecule has 0 rings (SSSR count). The lowest BCUT2D eigenvalue weighted by molar-refractivity contribution is -0.150. The Morgan fingerprint density at radius 1 is 1.05 bits per heavy atom. The second-order valence-corrected chi connectivity index (χ2v) is 5.24. The van der Waals surface area contributed by atoms with Crippen molar-refractivity contribution >= 4 is 11.9 Å². The summed E-state index contributed by atoms with van der Waals surface area (Å²) >= 11 is 0. The number of carbonyl (C=O) groups excluding carboxylic acids is 2. The van der Waals surface area contributed by atoms with Crippen molar-refractivity contribution in [2.45, 2.75) is 72.3 Å². The van der Waals surface area contributed by atoms with Gasteiger partial charge < -0.3 is 9.47 Å². The van der Waals surface area contributed by atoms with E-state index in [-0.39, 0.29) is 30.9 Å². The third-order valence-electron chi connectivity index (χ3n) is 2.70. The normalized spacial score (nSPS) is 12.3. The topological polar surface area (TPSA) is 52.6 Å². The summed E-state index contributed by atoms with van der Waals surface area (Å²) in [5.41, 5.74) is 0. The highest BCUT2D eigenvalue weighted by Gasteiger charge is 2.12. The summed E-state index contributed by atoms with van der Waals surface area (Å²) in [5.74, 6) is -0.104. The predicted octanol–water partition coefficient (Wildman–Crippen LogP) is 3.48. The van der Waals surface area contributed by atoms with E-state index in [2.05, 4.69) is 6.92 Å². The van der Waals surface area contributed by atoms with Crippen molar-refractivity contribution in [2.24, 2.45) is 5.92 Å². The first-order valence-corrected chi connectivity index (χ1v) is 7.34. The number of carbonyl (C=O) groups is 2. The summed E-state index contributed by atoms with van der Waals surface area (Å²) in [6.07, 6.45) is 3.84. The molecule has 0 amide bonds. The highest BCUT2D eigenvalue weighted by molar-refractivity contribution is 5.72. The summed E-state index contributed by atoms with van der Waals surface area (Å²) in [4.78, 5) is 22.9. The summed E-state index contributed by atoms with van der Waals surface area (Å²) in [6, 6.07) is 0. The molecule has 4 heteroatoms. The molecule has 0 saturated heterocycles. The van der Waals surface area contributed by atoms with Gasteiger partial charge >= 0.3 is 11.9 Å². The number of esters is 2. The Morgan fingerprint density at radius 3 is 2.21 bits per heavy atom. The van der Waals surface area contributed by atoms with Crippen LogP contribution in [-0.2, 0) is 19.1 Å². The molecule has 0 aliphatic carbocycles. The van der Waals surface area contributed by atoms with Gasteiger partial charge in [0, 0.05) is 12.8 Å². The SMILES string of the molecule is CCCC(CC)OC(=O)CCCC(=O)OCC(C)C. The Hall–Kier alpha value is -1.06. The fourth-order valence-corrected chi connectivity index (χ4v) is 1.62. The lowest BCUT2D eigenvalue weighted by Crippen LogP contribution is -2.17. The third kappa shape index (κ3) is 10.5. The zero-order valence-electron chi connectivity index (χ0n) is 12.7. The standard InChI is InChI=1S/C15H28O4/c1-5-8-13(6-2)19-15(17)10-7-9-14(16)18-11-12(3)4/h12-13H,5-11H2,1-4H3. The van der Waals surface area contributed by atoms with Gasteiger partial charge in [-0.3, -0.25) is 9.59 Å². The monoisotopic (exact) mass is 272 g/mol. The first kappa shape index (κ1) is 17.9. The molecule has 0 aromatic carbocycles. The maximum absolute atomic E-state index is 11.6. The molecule has 0 spiro atoms. The average Bonchev–Trinajstić information content (AvgIpc) is 2.35. The number of hydrogen-bond donors (Lipinski definition) is 0. The van der Waals surface area contributed by atoms with E-state index in [9.17, 15) is 9.59 Å². The molecular formula is C15H28O4. The second kappa shape index (κ2) is 10.8. The van der Waals surface area contributed by atoms with E-state index >= 15 is 0 Å². The first-order valence-electron chi connectivity index (χ1n) is 7.34. The van der Waals surface area contributed by atoms with E-state index in [4.69, 9.17) is 9.47 Å². The molecule has 4 nitrogen and oxygen atoms in total. The average molecular weight is 272 g/mol. The van der Waals surface area contributed by atoms with Gasteiger partial charge in [0.25, 0.3) is 0 Å². The van der Waals surface area contributed by atoms with E-state index in [0.29, 0.717) is 18.9 Å². The molecule has 0 heterocycles. The Morgan fingerprint density at radius 2 is 1.68 bits per heavy atom. The van der Waals surface area contributed by atoms with Gasteiger partial charge in [0.1, 0.15) is 6.10 Å². The lowest BCUT2D eigenvalue weighted by atomic mass is 10.1. The van der Waals surface area contributed by atoms with Crippen LogP contribution in [0.1, 0.15) is 66.2 Å². The summed E-state index contributed by atoms with van der Waals surface area (Å²) in [6.45, 7) is 8.50. The quantitative estimate of drug-likeness (QED) is 0.571. The molecular weight excluding hydrogens is 244 g/mol. The summed E-state index contributed by atoms with van der Waals surface area (Å²) < 4.78 is 10.4. The van der Waals surface area contributed by atoms with Gasteiger partial charge in [-0.1, -0.05) is 34.1 Å². The number of ether oxygens (including phenoxy) is 2. The van der Waals surface area contributed by atoms with Crippen LogP contribution in [0.15, 0.2) is 0 Å². The smallest absolute Gasteiger partial charge is 0.306 e. The van der Waals surface area contributed by atoms with E-state index in [1.54, 1.807) is 0 Å². The Labute approximate surface area is 116 Å². The van der Waals surface area contributed by atoms with Crippen molar-refractivity contribution in [3.63, 3.8) is 0 Å². The number of rotatable bonds is 10. The zero-order chi connectivity index (χ0) is 14.7. The van der Waals surface area contributed by atoms with Gasteiger partial charge in [0.15, 0.2) is 0 Å². The van der Waals surface area contributed by atoms with Crippen LogP contribution in [0.3, 0.4) is 0 Å². The Bertz CT molecular complexity index is 261. The maximum Gasteiger partial charge on any atom is 0.306 e. The Balaban J connectivity index is 3.70. The predicted molar refractivity (Wildman–Crippen MR) is 74.7 cm³/mol. The lowest BCUT2D eigenvalue weighted by Gasteiger charge is -2.15. The van der Waals surface area contributed by atoms with Crippen LogP contribution in [0.2, 0.25) is 0 Å². The molecule has 0 N–H and O–H groups in total. The van der Waals surface area contributed by atoms with Gasteiger partial charge in [0.2, 0.25) is 0 Å². The second-order valence-electron chi connectivity index (χ2n) is 5.24. The van der Waals surface area contributed by atoms with Crippen molar-refractivity contribution in [1.29, 1.82) is 0 Å². The molecule has 0 aromatic rings. The largest absolute Gasteiger partial charge is 0.465 e. The van der Waals surface area contributed by atoms with Crippen molar-refractivity contribution in [2.75, 3.05) is 6.61 Å². The molecule has 112 valence electrons. The van der Waals surface area contributed by atoms with E-state index in [1.165, 1.54) is 0 Å². The van der Waals surface area contributed by atoms with E-state index in [0.717, 1.165) is 19.3 Å². The van der Waals surface area contributed by atoms with Crippen LogP contribution in [0.5, 0.6) is 0 Å². The molecule has 0 saturated carbocycles. The molecule has 0 aliphatic rings. The van der Waals surface area contributed by atoms with Crippen LogP contribution in [0.4, 0.5) is 0 Å². The molecule has 0 fully saturated rings. The molecule has 19 heavy (non-hydrogen) atoms. The summed E-state index contributed by atoms with van der Waals surface area (Å²) in [7, 11) is 0. The molecule has 0 aromatic heterocycles. The van der Waals surface area contributed by atoms with Crippen LogP contribution in [0, 0.1) is 5.92 Å². The maximum atomic E-state index is 11.6. The zero-order valence-corrected chi connectivity index (χ0v) is 12.7. The fraction of sp³-hybridized carbons (Fsp3) is 0.867. The molecule has 1 unspecified atom stereocenters. The Kier molecular flexibility index (Phi) is 10.2. The third-order valence-corrected chi connectivity index (χ3v) is 2.70. The number of hydrogen-bond acceptors (Lipinski definition) is 4. The first-order chi connectivity index (χ1) is 8.99. The summed E-state index contributed by atoms with van der Waals surface area (Å²) in [5, 5.41) is 0. The van der Waals surface area contributed by atoms with Crippen LogP contribution >= 0.6 is 0 Å². The van der Waals surface area contributed by atoms with Crippen molar-refractivity contribution in [3.05, 3.63) is 0 Å². The van der Waals surface area contributed by atoms with Crippen LogP contribution in [0.25, 0.3) is 0 Å². The molecule has 0 bridgehead atoms. The molecule has 0 aliphatic heterocycles. The minimum absolute atomic E-state index is 0.0189. The highest BCUT2D eigenvalue weighted by Crippen LogP contribution is 2.09. The fourth-order valence-electron chi connectivity index (χ4n) is 1.62. The van der Waals surface area contributed by atoms with Crippen molar-refractivity contribution in [3.8, 4) is 0 Å². The van der Waals surface area contributed by atoms with Gasteiger partial charge in [-0.2, -0.15) is 0 Å². The van der Waals surface area contributed by atoms with Gasteiger partial charge in [0.05, 0.1) is 6.61 Å². The molecule has 1 atom stereocenters. The molecule has 0 radical (unpaired) electrons. The van der Waals surface area contributed by atoms with Gasteiger partial charge in [-0.05, 0) is 25.2 Å². The minimum Gasteiger partial charge on any atom is -0.465 e. The highest BCUT2D eigenvalue weighted by atomic mass is 16.5. The van der Waals surface area contributed by atoms with Crippen molar-refractivity contribution < 1.29 is 19.1 Å².